The van der Waals surface area contributed by atoms with E-state index in [-0.39, 0.29) is 23.0 Å². The van der Waals surface area contributed by atoms with Gasteiger partial charge in [0.1, 0.15) is 0 Å². The van der Waals surface area contributed by atoms with E-state index < -0.39 is 0 Å². The van der Waals surface area contributed by atoms with Crippen molar-refractivity contribution in [2.75, 3.05) is 5.32 Å². The Kier molecular flexibility index (Phi) is 4.54. The summed E-state index contributed by atoms with van der Waals surface area (Å²) >= 11 is 1.30. The number of benzene rings is 1. The number of nitrogens with one attached hydrogen (secondary N) is 1. The number of carbonyl (C=O) groups is 2. The van der Waals surface area contributed by atoms with Crippen LogP contribution >= 0.6 is 11.3 Å². The Morgan fingerprint density at radius 1 is 1.29 bits per heavy atom. The lowest BCUT2D eigenvalue weighted by atomic mass is 9.78. The standard InChI is InChI=1S/C19H22N2O2S/c1-4-13(12-8-6-5-7-9-12)17(23)21-18-20-14-10-19(2,3)11-15(22)16(14)24-18/h5-9,13H,4,10-11H2,1-3H3,(H,20,21,23)/t13-/m1/s1. The Labute approximate surface area is 146 Å². The third kappa shape index (κ3) is 3.41. The molecule has 3 rings (SSSR count). The van der Waals surface area contributed by atoms with E-state index in [1.165, 1.54) is 11.3 Å². The van der Waals surface area contributed by atoms with Gasteiger partial charge in [-0.15, -0.1) is 0 Å². The van der Waals surface area contributed by atoms with Crippen molar-refractivity contribution in [2.24, 2.45) is 5.41 Å². The molecule has 1 amide bonds. The number of aromatic nitrogens is 1. The summed E-state index contributed by atoms with van der Waals surface area (Å²) in [5, 5.41) is 3.45. The molecule has 4 nitrogen and oxygen atoms in total. The van der Waals surface area contributed by atoms with Crippen LogP contribution in [0.25, 0.3) is 0 Å². The van der Waals surface area contributed by atoms with Crippen LogP contribution in [0.1, 0.15) is 60.5 Å². The molecule has 0 saturated carbocycles. The normalized spacial score (nSPS) is 17.2. The first kappa shape index (κ1) is 16.8. The van der Waals surface area contributed by atoms with Gasteiger partial charge in [0, 0.05) is 6.42 Å². The van der Waals surface area contributed by atoms with Gasteiger partial charge in [0.2, 0.25) is 5.91 Å². The SMILES string of the molecule is CC[C@@H](C(=O)Nc1nc2c(s1)C(=O)CC(C)(C)C2)c1ccccc1. The molecule has 5 heteroatoms. The van der Waals surface area contributed by atoms with E-state index in [2.05, 4.69) is 24.1 Å². The molecule has 126 valence electrons. The molecule has 1 N–H and O–H groups in total. The number of thiazole rings is 1. The highest BCUT2D eigenvalue weighted by molar-refractivity contribution is 7.17. The summed E-state index contributed by atoms with van der Waals surface area (Å²) in [6.07, 6.45) is 2.03. The molecule has 24 heavy (non-hydrogen) atoms. The highest BCUT2D eigenvalue weighted by atomic mass is 32.1. The Bertz CT molecular complexity index is 765. The number of ketones is 1. The number of amides is 1. The van der Waals surface area contributed by atoms with Gasteiger partial charge in [0.25, 0.3) is 0 Å². The quantitative estimate of drug-likeness (QED) is 0.894. The van der Waals surface area contributed by atoms with Crippen molar-refractivity contribution in [3.8, 4) is 0 Å². The van der Waals surface area contributed by atoms with Crippen LogP contribution in [0.15, 0.2) is 30.3 Å². The zero-order valence-electron chi connectivity index (χ0n) is 14.3. The molecule has 1 aliphatic carbocycles. The zero-order valence-corrected chi connectivity index (χ0v) is 15.1. The van der Waals surface area contributed by atoms with Crippen LogP contribution in [0.4, 0.5) is 5.13 Å². The summed E-state index contributed by atoms with van der Waals surface area (Å²) in [5.74, 6) is -0.143. The molecule has 2 aromatic rings. The van der Waals surface area contributed by atoms with Gasteiger partial charge in [0.15, 0.2) is 10.9 Å². The molecule has 0 radical (unpaired) electrons. The first-order chi connectivity index (χ1) is 11.4. The number of rotatable bonds is 4. The van der Waals surface area contributed by atoms with E-state index in [1.807, 2.05) is 37.3 Å². The van der Waals surface area contributed by atoms with Gasteiger partial charge in [-0.1, -0.05) is 62.4 Å². The second-order valence-corrected chi connectivity index (χ2v) is 8.10. The number of hydrogen-bond donors (Lipinski definition) is 1. The van der Waals surface area contributed by atoms with Gasteiger partial charge in [-0.3, -0.25) is 9.59 Å². The molecule has 1 aliphatic rings. The van der Waals surface area contributed by atoms with Crippen molar-refractivity contribution < 1.29 is 9.59 Å². The Balaban J connectivity index is 1.79. The highest BCUT2D eigenvalue weighted by Crippen LogP contribution is 2.38. The molecule has 1 aromatic heterocycles. The molecule has 0 spiro atoms. The minimum absolute atomic E-state index is 0.0601. The van der Waals surface area contributed by atoms with E-state index in [0.717, 1.165) is 17.7 Å². The molecule has 1 atom stereocenters. The lowest BCUT2D eigenvalue weighted by Crippen LogP contribution is -2.26. The van der Waals surface area contributed by atoms with Gasteiger partial charge in [0.05, 0.1) is 16.5 Å². The van der Waals surface area contributed by atoms with Crippen molar-refractivity contribution in [1.82, 2.24) is 4.98 Å². The second kappa shape index (κ2) is 6.48. The van der Waals surface area contributed by atoms with Crippen molar-refractivity contribution in [3.05, 3.63) is 46.5 Å². The zero-order chi connectivity index (χ0) is 17.3. The second-order valence-electron chi connectivity index (χ2n) is 7.10. The summed E-state index contributed by atoms with van der Waals surface area (Å²) < 4.78 is 0. The molecule has 0 aliphatic heterocycles. The predicted molar refractivity (Wildman–Crippen MR) is 96.7 cm³/mol. The largest absolute Gasteiger partial charge is 0.301 e. The molecule has 0 fully saturated rings. The minimum atomic E-state index is -0.209. The van der Waals surface area contributed by atoms with Crippen LogP contribution in [0.5, 0.6) is 0 Å². The summed E-state index contributed by atoms with van der Waals surface area (Å²) in [6, 6.07) is 9.75. The number of nitrogens with zero attached hydrogens (tertiary/aromatic N) is 1. The molecule has 0 saturated heterocycles. The topological polar surface area (TPSA) is 59.1 Å². The van der Waals surface area contributed by atoms with E-state index >= 15 is 0 Å². The summed E-state index contributed by atoms with van der Waals surface area (Å²) in [7, 11) is 0. The van der Waals surface area contributed by atoms with E-state index in [1.54, 1.807) is 0 Å². The van der Waals surface area contributed by atoms with E-state index in [0.29, 0.717) is 22.9 Å². The highest BCUT2D eigenvalue weighted by Gasteiger charge is 2.34. The fourth-order valence-electron chi connectivity index (χ4n) is 3.22. The maximum absolute atomic E-state index is 12.6. The molecule has 0 bridgehead atoms. The molecular weight excluding hydrogens is 320 g/mol. The van der Waals surface area contributed by atoms with E-state index in [4.69, 9.17) is 0 Å². The number of hydrogen-bond acceptors (Lipinski definition) is 4. The first-order valence-electron chi connectivity index (χ1n) is 8.28. The molecule has 0 unspecified atom stereocenters. The summed E-state index contributed by atoms with van der Waals surface area (Å²) in [4.78, 5) is 30.1. The van der Waals surface area contributed by atoms with E-state index in [9.17, 15) is 9.59 Å². The number of carbonyl (C=O) groups excluding carboxylic acids is 2. The maximum atomic E-state index is 12.6. The van der Waals surface area contributed by atoms with Gasteiger partial charge >= 0.3 is 0 Å². The first-order valence-corrected chi connectivity index (χ1v) is 9.10. The third-order valence-corrected chi connectivity index (χ3v) is 5.45. The van der Waals surface area contributed by atoms with Crippen LogP contribution in [0.3, 0.4) is 0 Å². The number of fused-ring (bicyclic) bond motifs is 1. The van der Waals surface area contributed by atoms with Crippen molar-refractivity contribution in [2.45, 2.75) is 46.0 Å². The average molecular weight is 342 g/mol. The molecular formula is C19H22N2O2S. The number of Topliss-reactive ketones (excluding diaryl/α,β-unsaturated/α-hetero) is 1. The van der Waals surface area contributed by atoms with Gasteiger partial charge in [-0.25, -0.2) is 4.98 Å². The Morgan fingerprint density at radius 2 is 2.00 bits per heavy atom. The predicted octanol–water partition coefficient (Wildman–Crippen LogP) is 4.43. The number of anilines is 1. The van der Waals surface area contributed by atoms with Gasteiger partial charge < -0.3 is 5.32 Å². The van der Waals surface area contributed by atoms with Crippen molar-refractivity contribution in [3.63, 3.8) is 0 Å². The summed E-state index contributed by atoms with van der Waals surface area (Å²) in [6.45, 7) is 6.15. The van der Waals surface area contributed by atoms with Gasteiger partial charge in [-0.05, 0) is 23.8 Å². The average Bonchev–Trinajstić information content (AvgIpc) is 2.90. The van der Waals surface area contributed by atoms with Crippen LogP contribution in [0.2, 0.25) is 0 Å². The Morgan fingerprint density at radius 3 is 2.67 bits per heavy atom. The lowest BCUT2D eigenvalue weighted by Gasteiger charge is -2.26. The van der Waals surface area contributed by atoms with Crippen LogP contribution < -0.4 is 5.32 Å². The summed E-state index contributed by atoms with van der Waals surface area (Å²) in [5.41, 5.74) is 1.76. The van der Waals surface area contributed by atoms with Crippen LogP contribution in [-0.4, -0.2) is 16.7 Å². The minimum Gasteiger partial charge on any atom is -0.301 e. The monoisotopic (exact) mass is 342 g/mol. The maximum Gasteiger partial charge on any atom is 0.233 e. The molecule has 1 heterocycles. The smallest absolute Gasteiger partial charge is 0.233 e. The third-order valence-electron chi connectivity index (χ3n) is 4.39. The Hall–Kier alpha value is -2.01. The fraction of sp³-hybridized carbons (Fsp3) is 0.421. The van der Waals surface area contributed by atoms with Crippen molar-refractivity contribution >= 4 is 28.2 Å². The fourth-order valence-corrected chi connectivity index (χ4v) is 4.15. The van der Waals surface area contributed by atoms with Gasteiger partial charge in [-0.2, -0.15) is 0 Å². The molecule has 1 aromatic carbocycles. The lowest BCUT2D eigenvalue weighted by molar-refractivity contribution is -0.117. The van der Waals surface area contributed by atoms with Crippen LogP contribution in [0, 0.1) is 5.41 Å². The van der Waals surface area contributed by atoms with Crippen LogP contribution in [-0.2, 0) is 11.2 Å². The van der Waals surface area contributed by atoms with Crippen molar-refractivity contribution in [1.29, 1.82) is 0 Å².